The lowest BCUT2D eigenvalue weighted by molar-refractivity contribution is -0.122. The molecule has 0 saturated carbocycles. The Labute approximate surface area is 186 Å². The number of aromatic nitrogens is 1. The number of rotatable bonds is 2. The molecular weight excluding hydrogens is 386 g/mol. The number of hydrogen-bond acceptors (Lipinski definition) is 4. The molecule has 1 spiro atoms. The summed E-state index contributed by atoms with van der Waals surface area (Å²) in [6, 6.07) is 8.69. The highest BCUT2D eigenvalue weighted by molar-refractivity contribution is 5.54. The maximum absolute atomic E-state index is 11.4. The number of aliphatic hydroxyl groups is 1. The van der Waals surface area contributed by atoms with Crippen LogP contribution in [0.3, 0.4) is 0 Å². The minimum Gasteiger partial charge on any atom is -0.388 e. The molecule has 31 heavy (non-hydrogen) atoms. The van der Waals surface area contributed by atoms with Gasteiger partial charge in [-0.05, 0) is 42.2 Å². The maximum Gasteiger partial charge on any atom is 0.111 e. The Kier molecular flexibility index (Phi) is 5.04. The molecule has 4 nitrogen and oxygen atoms in total. The predicted molar refractivity (Wildman–Crippen MR) is 121 cm³/mol. The van der Waals surface area contributed by atoms with Gasteiger partial charge in [0.25, 0.3) is 0 Å². The SMILES string of the molecule is Cc1ccc([C@H]2OC3(CCOCC3)c3c2c(C(C)C)nc2c3[C@@H](O)CC(C)(C)C2)cc1. The van der Waals surface area contributed by atoms with E-state index in [1.807, 2.05) is 0 Å². The van der Waals surface area contributed by atoms with Gasteiger partial charge >= 0.3 is 0 Å². The lowest BCUT2D eigenvalue weighted by Gasteiger charge is -2.40. The first-order valence-electron chi connectivity index (χ1n) is 11.8. The molecule has 0 unspecified atom stereocenters. The molecule has 1 aromatic carbocycles. The monoisotopic (exact) mass is 421 g/mol. The number of benzene rings is 1. The molecule has 3 heterocycles. The molecule has 1 aliphatic carbocycles. The minimum absolute atomic E-state index is 0.0422. The standard InChI is InChI=1S/C27H35NO3/c1-16(2)24-22-23(21-19(28-24)14-26(4,5)15-20(21)29)27(10-12-30-13-11-27)31-25(22)18-8-6-17(3)7-9-18/h6-9,16,20,25,29H,10-15H2,1-5H3/t20-,25+/m0/s1. The van der Waals surface area contributed by atoms with Crippen molar-refractivity contribution in [2.75, 3.05) is 13.2 Å². The van der Waals surface area contributed by atoms with Gasteiger partial charge in [-0.1, -0.05) is 57.5 Å². The van der Waals surface area contributed by atoms with Gasteiger partial charge < -0.3 is 14.6 Å². The van der Waals surface area contributed by atoms with Crippen LogP contribution < -0.4 is 0 Å². The molecule has 1 N–H and O–H groups in total. The molecule has 1 fully saturated rings. The summed E-state index contributed by atoms with van der Waals surface area (Å²) in [7, 11) is 0. The molecule has 1 aromatic heterocycles. The van der Waals surface area contributed by atoms with Crippen molar-refractivity contribution in [2.45, 2.75) is 84.0 Å². The molecule has 0 amide bonds. The van der Waals surface area contributed by atoms with Crippen molar-refractivity contribution < 1.29 is 14.6 Å². The maximum atomic E-state index is 11.4. The number of fused-ring (bicyclic) bond motifs is 4. The highest BCUT2D eigenvalue weighted by atomic mass is 16.5. The van der Waals surface area contributed by atoms with Gasteiger partial charge in [0.2, 0.25) is 0 Å². The third-order valence-electron chi connectivity index (χ3n) is 7.39. The van der Waals surface area contributed by atoms with Crippen LogP contribution >= 0.6 is 0 Å². The van der Waals surface area contributed by atoms with E-state index in [-0.39, 0.29) is 17.4 Å². The summed E-state index contributed by atoms with van der Waals surface area (Å²) < 4.78 is 12.8. The van der Waals surface area contributed by atoms with E-state index in [0.29, 0.717) is 13.2 Å². The van der Waals surface area contributed by atoms with Gasteiger partial charge in [0, 0.05) is 48.6 Å². The number of aliphatic hydroxyl groups excluding tert-OH is 1. The molecule has 2 aliphatic heterocycles. The molecular formula is C27H35NO3. The van der Waals surface area contributed by atoms with Crippen LogP contribution in [0.15, 0.2) is 24.3 Å². The Balaban J connectivity index is 1.79. The van der Waals surface area contributed by atoms with Crippen molar-refractivity contribution in [3.8, 4) is 0 Å². The normalized spacial score (nSPS) is 26.2. The van der Waals surface area contributed by atoms with Crippen LogP contribution in [0.25, 0.3) is 0 Å². The van der Waals surface area contributed by atoms with Crippen LogP contribution in [0.2, 0.25) is 0 Å². The summed E-state index contributed by atoms with van der Waals surface area (Å²) in [5.74, 6) is 0.285. The van der Waals surface area contributed by atoms with Crippen molar-refractivity contribution in [3.63, 3.8) is 0 Å². The van der Waals surface area contributed by atoms with Crippen LogP contribution in [-0.2, 0) is 21.5 Å². The third-order valence-corrected chi connectivity index (χ3v) is 7.39. The van der Waals surface area contributed by atoms with Crippen molar-refractivity contribution in [1.82, 2.24) is 4.98 Å². The number of nitrogens with zero attached hydrogens (tertiary/aromatic N) is 1. The second-order valence-corrected chi connectivity index (χ2v) is 10.9. The molecule has 2 aromatic rings. The molecule has 2 atom stereocenters. The number of ether oxygens (including phenoxy) is 2. The lowest BCUT2D eigenvalue weighted by atomic mass is 9.70. The van der Waals surface area contributed by atoms with Gasteiger partial charge in [-0.25, -0.2) is 0 Å². The van der Waals surface area contributed by atoms with Gasteiger partial charge in [-0.2, -0.15) is 0 Å². The van der Waals surface area contributed by atoms with Gasteiger partial charge in [0.15, 0.2) is 0 Å². The fourth-order valence-electron chi connectivity index (χ4n) is 5.91. The van der Waals surface area contributed by atoms with Crippen molar-refractivity contribution in [2.24, 2.45) is 5.41 Å². The van der Waals surface area contributed by atoms with Crippen LogP contribution in [0, 0.1) is 12.3 Å². The second-order valence-electron chi connectivity index (χ2n) is 10.9. The first kappa shape index (κ1) is 21.1. The fraction of sp³-hybridized carbons (Fsp3) is 0.593. The largest absolute Gasteiger partial charge is 0.388 e. The van der Waals surface area contributed by atoms with Crippen LogP contribution in [0.1, 0.15) is 104 Å². The summed E-state index contributed by atoms with van der Waals surface area (Å²) in [4.78, 5) is 5.23. The average molecular weight is 422 g/mol. The minimum atomic E-state index is -0.499. The number of hydrogen-bond donors (Lipinski definition) is 1. The van der Waals surface area contributed by atoms with Crippen molar-refractivity contribution >= 4 is 0 Å². The van der Waals surface area contributed by atoms with Gasteiger partial charge in [0.05, 0.1) is 11.7 Å². The van der Waals surface area contributed by atoms with E-state index in [1.165, 1.54) is 22.3 Å². The van der Waals surface area contributed by atoms with Crippen LogP contribution in [-0.4, -0.2) is 23.3 Å². The van der Waals surface area contributed by atoms with E-state index in [4.69, 9.17) is 14.5 Å². The van der Waals surface area contributed by atoms with Crippen LogP contribution in [0.5, 0.6) is 0 Å². The van der Waals surface area contributed by atoms with Gasteiger partial charge in [-0.3, -0.25) is 4.98 Å². The van der Waals surface area contributed by atoms with E-state index < -0.39 is 11.7 Å². The van der Waals surface area contributed by atoms with Crippen molar-refractivity contribution in [1.29, 1.82) is 0 Å². The third kappa shape index (κ3) is 3.44. The first-order chi connectivity index (χ1) is 14.7. The van der Waals surface area contributed by atoms with E-state index in [0.717, 1.165) is 42.6 Å². The quantitative estimate of drug-likeness (QED) is 0.681. The Morgan fingerprint density at radius 2 is 1.74 bits per heavy atom. The van der Waals surface area contributed by atoms with Gasteiger partial charge in [0.1, 0.15) is 6.10 Å². The highest BCUT2D eigenvalue weighted by Crippen LogP contribution is 2.57. The Morgan fingerprint density at radius 1 is 1.06 bits per heavy atom. The average Bonchev–Trinajstić information content (AvgIpc) is 3.01. The van der Waals surface area contributed by atoms with E-state index in [1.54, 1.807) is 0 Å². The summed E-state index contributed by atoms with van der Waals surface area (Å²) in [5, 5.41) is 11.4. The summed E-state index contributed by atoms with van der Waals surface area (Å²) >= 11 is 0. The molecule has 3 aliphatic rings. The molecule has 4 heteroatoms. The summed E-state index contributed by atoms with van der Waals surface area (Å²) in [6.07, 6.45) is 2.66. The highest BCUT2D eigenvalue weighted by Gasteiger charge is 2.52. The lowest BCUT2D eigenvalue weighted by Crippen LogP contribution is -2.37. The first-order valence-corrected chi connectivity index (χ1v) is 11.8. The topological polar surface area (TPSA) is 51.6 Å². The van der Waals surface area contributed by atoms with E-state index in [2.05, 4.69) is 58.9 Å². The molecule has 1 saturated heterocycles. The molecule has 5 rings (SSSR count). The number of pyridine rings is 1. The molecule has 0 bridgehead atoms. The van der Waals surface area contributed by atoms with E-state index >= 15 is 0 Å². The van der Waals surface area contributed by atoms with E-state index in [9.17, 15) is 5.11 Å². The summed E-state index contributed by atoms with van der Waals surface area (Å²) in [5.41, 5.74) is 7.75. The van der Waals surface area contributed by atoms with Crippen molar-refractivity contribution in [3.05, 3.63) is 63.5 Å². The van der Waals surface area contributed by atoms with Crippen LogP contribution in [0.4, 0.5) is 0 Å². The zero-order chi connectivity index (χ0) is 22.0. The summed E-state index contributed by atoms with van der Waals surface area (Å²) in [6.45, 7) is 12.4. The molecule has 0 radical (unpaired) electrons. The second kappa shape index (κ2) is 7.40. The Bertz CT molecular complexity index is 987. The Hall–Kier alpha value is -1.75. The number of aryl methyl sites for hydroxylation is 1. The zero-order valence-corrected chi connectivity index (χ0v) is 19.5. The fourth-order valence-corrected chi connectivity index (χ4v) is 5.91. The smallest absolute Gasteiger partial charge is 0.111 e. The Morgan fingerprint density at radius 3 is 2.39 bits per heavy atom. The molecule has 166 valence electrons. The zero-order valence-electron chi connectivity index (χ0n) is 19.5. The van der Waals surface area contributed by atoms with Gasteiger partial charge in [-0.15, -0.1) is 0 Å². The predicted octanol–water partition coefficient (Wildman–Crippen LogP) is 5.64.